The average molecular weight is 389 g/mol. The van der Waals surface area contributed by atoms with Crippen LogP contribution in [0.3, 0.4) is 0 Å². The maximum absolute atomic E-state index is 11.3. The molecule has 0 saturated heterocycles. The lowest BCUT2D eigenvalue weighted by Gasteiger charge is -2.35. The molecule has 0 aliphatic heterocycles. The van der Waals surface area contributed by atoms with Gasteiger partial charge < -0.3 is 10.2 Å². The molecule has 0 aromatic heterocycles. The summed E-state index contributed by atoms with van der Waals surface area (Å²) in [6, 6.07) is 29.8. The smallest absolute Gasteiger partial charge is 0.306 e. The number of rotatable bonds is 10. The molecule has 0 heterocycles. The van der Waals surface area contributed by atoms with Gasteiger partial charge in [0.25, 0.3) is 0 Å². The number of aliphatic hydroxyl groups excluding tert-OH is 1. The highest BCUT2D eigenvalue weighted by atomic mass is 16.4. The van der Waals surface area contributed by atoms with Crippen LogP contribution in [0.25, 0.3) is 0 Å². The van der Waals surface area contributed by atoms with Gasteiger partial charge >= 0.3 is 5.97 Å². The van der Waals surface area contributed by atoms with Crippen LogP contribution in [0.15, 0.2) is 91.0 Å². The fraction of sp³-hybridized carbons (Fsp3) is 0.240. The summed E-state index contributed by atoms with van der Waals surface area (Å²) in [5.74, 6) is -0.991. The van der Waals surface area contributed by atoms with Crippen molar-refractivity contribution >= 4 is 5.97 Å². The lowest BCUT2D eigenvalue weighted by Crippen LogP contribution is -2.45. The van der Waals surface area contributed by atoms with Crippen molar-refractivity contribution in [3.8, 4) is 0 Å². The lowest BCUT2D eigenvalue weighted by atomic mass is 9.96. The predicted octanol–water partition coefficient (Wildman–Crippen LogP) is 4.14. The van der Waals surface area contributed by atoms with Crippen molar-refractivity contribution in [2.75, 3.05) is 0 Å². The van der Waals surface area contributed by atoms with Crippen LogP contribution >= 0.6 is 0 Å². The van der Waals surface area contributed by atoms with Gasteiger partial charge in [-0.05, 0) is 23.1 Å². The van der Waals surface area contributed by atoms with Gasteiger partial charge in [0.05, 0.1) is 12.5 Å². The molecule has 150 valence electrons. The van der Waals surface area contributed by atoms with Gasteiger partial charge in [-0.2, -0.15) is 0 Å². The quantitative estimate of drug-likeness (QED) is 0.547. The number of benzene rings is 3. The Bertz CT molecular complexity index is 827. The standard InChI is InChI=1S/C25H27NO3/c27-24(17-25(28)29)23(16-20-10-4-1-5-11-20)26(18-21-12-6-2-7-13-21)19-22-14-8-3-9-15-22/h1-15,23-24,27H,16-19H2,(H,28,29)/t23-,24+/m0/s1. The van der Waals surface area contributed by atoms with Crippen LogP contribution in [0.4, 0.5) is 0 Å². The molecule has 4 nitrogen and oxygen atoms in total. The topological polar surface area (TPSA) is 60.8 Å². The van der Waals surface area contributed by atoms with Crippen LogP contribution in [0, 0.1) is 0 Å². The molecule has 0 amide bonds. The highest BCUT2D eigenvalue weighted by Gasteiger charge is 2.28. The molecule has 29 heavy (non-hydrogen) atoms. The number of carboxylic acid groups (broad SMARTS) is 1. The Morgan fingerprint density at radius 1 is 0.724 bits per heavy atom. The highest BCUT2D eigenvalue weighted by molar-refractivity contribution is 5.67. The van der Waals surface area contributed by atoms with Crippen molar-refractivity contribution in [2.45, 2.75) is 38.1 Å². The van der Waals surface area contributed by atoms with Crippen molar-refractivity contribution in [2.24, 2.45) is 0 Å². The summed E-state index contributed by atoms with van der Waals surface area (Å²) in [5.41, 5.74) is 3.33. The third-order valence-electron chi connectivity index (χ3n) is 5.04. The van der Waals surface area contributed by atoms with Gasteiger partial charge in [0.15, 0.2) is 0 Å². The van der Waals surface area contributed by atoms with E-state index in [0.717, 1.165) is 16.7 Å². The van der Waals surface area contributed by atoms with Gasteiger partial charge in [0.1, 0.15) is 0 Å². The molecular weight excluding hydrogens is 362 g/mol. The van der Waals surface area contributed by atoms with Crippen LogP contribution in [0.2, 0.25) is 0 Å². The monoisotopic (exact) mass is 389 g/mol. The Morgan fingerprint density at radius 3 is 1.55 bits per heavy atom. The summed E-state index contributed by atoms with van der Waals surface area (Å²) in [7, 11) is 0. The largest absolute Gasteiger partial charge is 0.481 e. The Balaban J connectivity index is 1.91. The molecule has 3 aromatic rings. The molecule has 0 fully saturated rings. The number of hydrogen-bond acceptors (Lipinski definition) is 3. The number of aliphatic hydroxyl groups is 1. The predicted molar refractivity (Wildman–Crippen MR) is 114 cm³/mol. The minimum Gasteiger partial charge on any atom is -0.481 e. The molecule has 3 aromatic carbocycles. The summed E-state index contributed by atoms with van der Waals surface area (Å²) < 4.78 is 0. The fourth-order valence-corrected chi connectivity index (χ4v) is 3.61. The van der Waals surface area contributed by atoms with Gasteiger partial charge in [-0.25, -0.2) is 0 Å². The normalized spacial score (nSPS) is 13.2. The maximum atomic E-state index is 11.3. The van der Waals surface area contributed by atoms with Gasteiger partial charge in [0.2, 0.25) is 0 Å². The Hall–Kier alpha value is -2.95. The Morgan fingerprint density at radius 2 is 1.14 bits per heavy atom. The average Bonchev–Trinajstić information content (AvgIpc) is 2.73. The molecular formula is C25H27NO3. The van der Waals surface area contributed by atoms with Crippen LogP contribution in [-0.2, 0) is 24.3 Å². The molecule has 0 bridgehead atoms. The number of carboxylic acids is 1. The van der Waals surface area contributed by atoms with E-state index in [1.807, 2.05) is 66.7 Å². The molecule has 2 atom stereocenters. The zero-order chi connectivity index (χ0) is 20.5. The first-order chi connectivity index (χ1) is 14.1. The second kappa shape index (κ2) is 10.6. The van der Waals surface area contributed by atoms with Gasteiger partial charge in [-0.1, -0.05) is 91.0 Å². The van der Waals surface area contributed by atoms with Crippen molar-refractivity contribution in [3.05, 3.63) is 108 Å². The second-order valence-corrected chi connectivity index (χ2v) is 7.30. The summed E-state index contributed by atoms with van der Waals surface area (Å²) in [6.45, 7) is 1.26. The minimum absolute atomic E-state index is 0.280. The van der Waals surface area contributed by atoms with E-state index in [0.29, 0.717) is 19.5 Å². The zero-order valence-electron chi connectivity index (χ0n) is 16.4. The van der Waals surface area contributed by atoms with E-state index in [1.165, 1.54) is 0 Å². The molecule has 0 aliphatic rings. The summed E-state index contributed by atoms with van der Waals surface area (Å²) in [6.07, 6.45) is -0.674. The summed E-state index contributed by atoms with van der Waals surface area (Å²) in [4.78, 5) is 13.5. The minimum atomic E-state index is -0.991. The summed E-state index contributed by atoms with van der Waals surface area (Å²) in [5, 5.41) is 20.1. The molecule has 4 heteroatoms. The molecule has 3 rings (SSSR count). The van der Waals surface area contributed by atoms with Gasteiger partial charge in [-0.15, -0.1) is 0 Å². The highest BCUT2D eigenvalue weighted by Crippen LogP contribution is 2.21. The van der Waals surface area contributed by atoms with E-state index in [4.69, 9.17) is 0 Å². The third kappa shape index (κ3) is 6.56. The number of nitrogens with zero attached hydrogens (tertiary/aromatic N) is 1. The molecule has 0 aliphatic carbocycles. The van der Waals surface area contributed by atoms with Crippen molar-refractivity contribution in [3.63, 3.8) is 0 Å². The molecule has 0 unspecified atom stereocenters. The van der Waals surface area contributed by atoms with E-state index in [-0.39, 0.29) is 12.5 Å². The van der Waals surface area contributed by atoms with Crippen molar-refractivity contribution in [1.82, 2.24) is 4.90 Å². The molecule has 0 saturated carbocycles. The number of carbonyl (C=O) groups is 1. The fourth-order valence-electron chi connectivity index (χ4n) is 3.61. The maximum Gasteiger partial charge on any atom is 0.306 e. The zero-order valence-corrected chi connectivity index (χ0v) is 16.4. The number of hydrogen-bond donors (Lipinski definition) is 2. The van der Waals surface area contributed by atoms with Crippen molar-refractivity contribution < 1.29 is 15.0 Å². The van der Waals surface area contributed by atoms with Crippen LogP contribution in [0.1, 0.15) is 23.1 Å². The molecule has 0 spiro atoms. The van der Waals surface area contributed by atoms with E-state index in [2.05, 4.69) is 29.2 Å². The molecule has 0 radical (unpaired) electrons. The Labute approximate surface area is 172 Å². The van der Waals surface area contributed by atoms with E-state index >= 15 is 0 Å². The SMILES string of the molecule is O=C(O)C[C@@H](O)[C@H](Cc1ccccc1)N(Cc1ccccc1)Cc1ccccc1. The summed E-state index contributed by atoms with van der Waals surface area (Å²) >= 11 is 0. The van der Waals surface area contributed by atoms with Gasteiger partial charge in [0, 0.05) is 19.1 Å². The van der Waals surface area contributed by atoms with Crippen LogP contribution in [-0.4, -0.2) is 33.2 Å². The van der Waals surface area contributed by atoms with E-state index in [1.54, 1.807) is 0 Å². The van der Waals surface area contributed by atoms with E-state index in [9.17, 15) is 15.0 Å². The van der Waals surface area contributed by atoms with E-state index < -0.39 is 12.1 Å². The molecule has 2 N–H and O–H groups in total. The Kier molecular flexibility index (Phi) is 7.56. The van der Waals surface area contributed by atoms with Gasteiger partial charge in [-0.3, -0.25) is 9.69 Å². The first-order valence-electron chi connectivity index (χ1n) is 9.87. The van der Waals surface area contributed by atoms with Crippen LogP contribution in [0.5, 0.6) is 0 Å². The second-order valence-electron chi connectivity index (χ2n) is 7.30. The van der Waals surface area contributed by atoms with Crippen LogP contribution < -0.4 is 0 Å². The first-order valence-corrected chi connectivity index (χ1v) is 9.87. The lowest BCUT2D eigenvalue weighted by molar-refractivity contribution is -0.140. The number of aliphatic carboxylic acids is 1. The third-order valence-corrected chi connectivity index (χ3v) is 5.04. The first kappa shape index (κ1) is 20.8. The van der Waals surface area contributed by atoms with Crippen molar-refractivity contribution in [1.29, 1.82) is 0 Å².